The third-order valence-corrected chi connectivity index (χ3v) is 3.96. The molecule has 0 fully saturated rings. The lowest BCUT2D eigenvalue weighted by atomic mass is 10.1. The monoisotopic (exact) mass is 274 g/mol. The number of rotatable bonds is 1. The van der Waals surface area contributed by atoms with Crippen molar-refractivity contribution in [3.05, 3.63) is 35.0 Å². The van der Waals surface area contributed by atoms with Crippen LogP contribution in [-0.2, 0) is 14.1 Å². The highest BCUT2D eigenvalue weighted by molar-refractivity contribution is 6.36. The van der Waals surface area contributed by atoms with E-state index in [1.165, 1.54) is 0 Å². The van der Waals surface area contributed by atoms with Crippen molar-refractivity contribution in [3.63, 3.8) is 0 Å². The molecule has 0 amide bonds. The third-order valence-electron chi connectivity index (χ3n) is 3.64. The molecule has 5 heteroatoms. The van der Waals surface area contributed by atoms with Gasteiger partial charge in [0.1, 0.15) is 5.82 Å². The fraction of sp³-hybridized carbons (Fsp3) is 0.214. The summed E-state index contributed by atoms with van der Waals surface area (Å²) in [5, 5.41) is 6.23. The van der Waals surface area contributed by atoms with Crippen LogP contribution in [0.3, 0.4) is 0 Å². The molecule has 4 nitrogen and oxygen atoms in total. The molecule has 3 aromatic rings. The van der Waals surface area contributed by atoms with Gasteiger partial charge < -0.3 is 10.3 Å². The van der Waals surface area contributed by atoms with Crippen molar-refractivity contribution in [2.75, 3.05) is 5.73 Å². The average Bonchev–Trinajstić information content (AvgIpc) is 2.82. The van der Waals surface area contributed by atoms with Gasteiger partial charge in [-0.25, -0.2) is 0 Å². The topological polar surface area (TPSA) is 48.8 Å². The number of aryl methyl sites for hydroxylation is 2. The van der Waals surface area contributed by atoms with Gasteiger partial charge in [-0.05, 0) is 19.1 Å². The summed E-state index contributed by atoms with van der Waals surface area (Å²) < 4.78 is 3.80. The van der Waals surface area contributed by atoms with E-state index in [0.717, 1.165) is 32.9 Å². The Balaban J connectivity index is 2.43. The number of nitrogens with zero attached hydrogens (tertiary/aromatic N) is 3. The van der Waals surface area contributed by atoms with Crippen molar-refractivity contribution in [2.24, 2.45) is 14.1 Å². The van der Waals surface area contributed by atoms with E-state index in [9.17, 15) is 0 Å². The van der Waals surface area contributed by atoms with Gasteiger partial charge in [0, 0.05) is 36.8 Å². The lowest BCUT2D eigenvalue weighted by Gasteiger charge is -1.99. The first-order valence-corrected chi connectivity index (χ1v) is 6.42. The van der Waals surface area contributed by atoms with Crippen LogP contribution >= 0.6 is 11.6 Å². The second-order valence-corrected chi connectivity index (χ2v) is 5.14. The number of hydrogen-bond acceptors (Lipinski definition) is 2. The van der Waals surface area contributed by atoms with E-state index in [-0.39, 0.29) is 0 Å². The lowest BCUT2D eigenvalue weighted by molar-refractivity contribution is 0.782. The summed E-state index contributed by atoms with van der Waals surface area (Å²) in [6.45, 7) is 2.07. The van der Waals surface area contributed by atoms with Crippen molar-refractivity contribution in [1.82, 2.24) is 14.3 Å². The quantitative estimate of drug-likeness (QED) is 0.741. The van der Waals surface area contributed by atoms with Crippen molar-refractivity contribution in [1.29, 1.82) is 0 Å². The van der Waals surface area contributed by atoms with Crippen LogP contribution in [-0.4, -0.2) is 14.3 Å². The van der Waals surface area contributed by atoms with Gasteiger partial charge in [-0.2, -0.15) is 5.10 Å². The zero-order valence-electron chi connectivity index (χ0n) is 11.1. The first kappa shape index (κ1) is 12.1. The summed E-state index contributed by atoms with van der Waals surface area (Å²) in [6, 6.07) is 7.80. The number of fused-ring (bicyclic) bond motifs is 1. The van der Waals surface area contributed by atoms with E-state index < -0.39 is 0 Å². The Morgan fingerprint density at radius 3 is 2.63 bits per heavy atom. The normalized spacial score (nSPS) is 11.4. The molecule has 2 aromatic heterocycles. The van der Waals surface area contributed by atoms with Gasteiger partial charge in [0.15, 0.2) is 0 Å². The average molecular weight is 275 g/mol. The molecule has 0 saturated heterocycles. The molecule has 0 aliphatic heterocycles. The largest absolute Gasteiger partial charge is 0.384 e. The highest BCUT2D eigenvalue weighted by Gasteiger charge is 2.18. The summed E-state index contributed by atoms with van der Waals surface area (Å²) in [5.74, 6) is 0.637. The molecule has 0 aliphatic carbocycles. The lowest BCUT2D eigenvalue weighted by Crippen LogP contribution is -1.96. The van der Waals surface area contributed by atoms with Crippen LogP contribution in [0.25, 0.3) is 22.2 Å². The Kier molecular flexibility index (Phi) is 2.57. The molecule has 0 aliphatic rings. The minimum absolute atomic E-state index is 0.637. The first-order valence-electron chi connectivity index (χ1n) is 6.04. The van der Waals surface area contributed by atoms with Gasteiger partial charge >= 0.3 is 0 Å². The van der Waals surface area contributed by atoms with Crippen LogP contribution < -0.4 is 5.73 Å². The molecular formula is C14H15ClN4. The number of benzene rings is 1. The van der Waals surface area contributed by atoms with E-state index >= 15 is 0 Å². The molecule has 0 saturated carbocycles. The summed E-state index contributed by atoms with van der Waals surface area (Å²) in [4.78, 5) is 0. The van der Waals surface area contributed by atoms with E-state index in [2.05, 4.69) is 22.7 Å². The summed E-state index contributed by atoms with van der Waals surface area (Å²) in [5.41, 5.74) is 10.0. The van der Waals surface area contributed by atoms with Gasteiger partial charge in [-0.1, -0.05) is 17.7 Å². The Hall–Kier alpha value is -1.94. The van der Waals surface area contributed by atoms with E-state index in [4.69, 9.17) is 17.3 Å². The highest BCUT2D eigenvalue weighted by Crippen LogP contribution is 2.37. The minimum atomic E-state index is 0.637. The highest BCUT2D eigenvalue weighted by atomic mass is 35.5. The number of anilines is 1. The van der Waals surface area contributed by atoms with Gasteiger partial charge in [0.2, 0.25) is 0 Å². The number of nitrogen functional groups attached to an aromatic ring is 1. The van der Waals surface area contributed by atoms with Gasteiger partial charge in [0.05, 0.1) is 16.2 Å². The fourth-order valence-electron chi connectivity index (χ4n) is 2.49. The molecular weight excluding hydrogens is 260 g/mol. The maximum Gasteiger partial charge on any atom is 0.121 e. The van der Waals surface area contributed by atoms with E-state index in [1.54, 1.807) is 4.68 Å². The molecule has 0 radical (unpaired) electrons. The smallest absolute Gasteiger partial charge is 0.121 e. The van der Waals surface area contributed by atoms with Crippen LogP contribution in [0.4, 0.5) is 5.82 Å². The second-order valence-electron chi connectivity index (χ2n) is 4.73. The van der Waals surface area contributed by atoms with Crippen LogP contribution in [0.1, 0.15) is 5.69 Å². The predicted molar refractivity (Wildman–Crippen MR) is 79.3 cm³/mol. The van der Waals surface area contributed by atoms with Crippen molar-refractivity contribution >= 4 is 28.3 Å². The number of nitrogens with two attached hydrogens (primary N) is 1. The van der Waals surface area contributed by atoms with Crippen molar-refractivity contribution in [3.8, 4) is 11.3 Å². The van der Waals surface area contributed by atoms with Crippen molar-refractivity contribution in [2.45, 2.75) is 6.92 Å². The molecule has 0 bridgehead atoms. The number of hydrogen-bond donors (Lipinski definition) is 1. The number of halogens is 1. The molecule has 3 rings (SSSR count). The maximum absolute atomic E-state index is 6.36. The first-order chi connectivity index (χ1) is 9.00. The van der Waals surface area contributed by atoms with Crippen LogP contribution in [0.2, 0.25) is 5.02 Å². The third kappa shape index (κ3) is 1.64. The standard InChI is InChI=1S/C14H15ClN4/c1-8-13(10-7-12(16)19(3)17-10)14-9(15)5-4-6-11(14)18(8)2/h4-7H,16H2,1-3H3. The zero-order valence-corrected chi connectivity index (χ0v) is 11.9. The van der Waals surface area contributed by atoms with Gasteiger partial charge in [-0.15, -0.1) is 0 Å². The molecule has 2 N–H and O–H groups in total. The Morgan fingerprint density at radius 2 is 2.00 bits per heavy atom. The van der Waals surface area contributed by atoms with Crippen molar-refractivity contribution < 1.29 is 0 Å². The molecule has 0 atom stereocenters. The zero-order chi connectivity index (χ0) is 13.7. The van der Waals surface area contributed by atoms with E-state index in [0.29, 0.717) is 5.82 Å². The minimum Gasteiger partial charge on any atom is -0.384 e. The summed E-state index contributed by atoms with van der Waals surface area (Å²) in [7, 11) is 3.87. The fourth-order valence-corrected chi connectivity index (χ4v) is 2.75. The number of aromatic nitrogens is 3. The predicted octanol–water partition coefficient (Wildman–Crippen LogP) is 3.12. The summed E-state index contributed by atoms with van der Waals surface area (Å²) >= 11 is 6.36. The van der Waals surface area contributed by atoms with E-state index in [1.807, 2.05) is 32.3 Å². The summed E-state index contributed by atoms with van der Waals surface area (Å²) in [6.07, 6.45) is 0. The SMILES string of the molecule is Cc1c(-c2cc(N)n(C)n2)c2c(Cl)cccc2n1C. The molecule has 0 unspecified atom stereocenters. The van der Waals surface area contributed by atoms with Crippen LogP contribution in [0.15, 0.2) is 24.3 Å². The van der Waals surface area contributed by atoms with Crippen LogP contribution in [0, 0.1) is 6.92 Å². The van der Waals surface area contributed by atoms with Gasteiger partial charge in [-0.3, -0.25) is 4.68 Å². The Labute approximate surface area is 116 Å². The molecule has 2 heterocycles. The van der Waals surface area contributed by atoms with Gasteiger partial charge in [0.25, 0.3) is 0 Å². The molecule has 19 heavy (non-hydrogen) atoms. The molecule has 98 valence electrons. The molecule has 0 spiro atoms. The Bertz CT molecular complexity index is 763. The molecule has 1 aromatic carbocycles. The maximum atomic E-state index is 6.36. The second kappa shape index (κ2) is 4.03. The van der Waals surface area contributed by atoms with Crippen LogP contribution in [0.5, 0.6) is 0 Å². The Morgan fingerprint density at radius 1 is 1.26 bits per heavy atom.